The smallest absolute Gasteiger partial charge is 0.317 e. The van der Waals surface area contributed by atoms with Crippen LogP contribution >= 0.6 is 0 Å². The first-order valence-electron chi connectivity index (χ1n) is 6.26. The zero-order chi connectivity index (χ0) is 15.3. The zero-order valence-corrected chi connectivity index (χ0v) is 11.9. The van der Waals surface area contributed by atoms with Gasteiger partial charge in [-0.1, -0.05) is 12.1 Å². The van der Waals surface area contributed by atoms with Gasteiger partial charge in [-0.3, -0.25) is 14.5 Å². The quantitative estimate of drug-likeness (QED) is 0.783. The van der Waals surface area contributed by atoms with Gasteiger partial charge in [0.05, 0.1) is 13.1 Å². The van der Waals surface area contributed by atoms with Gasteiger partial charge in [-0.05, 0) is 24.6 Å². The molecule has 6 nitrogen and oxygen atoms in total. The molecule has 110 valence electrons. The monoisotopic (exact) mass is 280 g/mol. The molecule has 1 atom stereocenters. The van der Waals surface area contributed by atoms with Gasteiger partial charge in [0.2, 0.25) is 0 Å². The number of benzene rings is 1. The average Bonchev–Trinajstić information content (AvgIpc) is 2.36. The van der Waals surface area contributed by atoms with Gasteiger partial charge in [-0.15, -0.1) is 0 Å². The van der Waals surface area contributed by atoms with E-state index in [0.717, 1.165) is 11.3 Å². The topological polar surface area (TPSA) is 81.1 Å². The van der Waals surface area contributed by atoms with Gasteiger partial charge in [-0.25, -0.2) is 0 Å². The first kappa shape index (κ1) is 16.0. The van der Waals surface area contributed by atoms with E-state index < -0.39 is 11.9 Å². The highest BCUT2D eigenvalue weighted by atomic mass is 16.4. The summed E-state index contributed by atoms with van der Waals surface area (Å²) < 4.78 is 0. The van der Waals surface area contributed by atoms with Crippen molar-refractivity contribution in [1.29, 1.82) is 0 Å². The maximum Gasteiger partial charge on any atom is 0.317 e. The fourth-order valence-corrected chi connectivity index (χ4v) is 1.94. The van der Waals surface area contributed by atoms with Crippen LogP contribution in [0.5, 0.6) is 0 Å². The molecule has 0 heterocycles. The molecule has 6 heteroatoms. The van der Waals surface area contributed by atoms with E-state index >= 15 is 0 Å². The standard InChI is InChI=1S/C14H20N2O4/c1-10(16(8-13(17)18)9-14(19)20)11-4-6-12(7-5-11)15(2)3/h4-7,10H,8-9H2,1-3H3,(H,17,18)(H,19,20). The molecule has 0 aliphatic carbocycles. The van der Waals surface area contributed by atoms with Crippen LogP contribution in [0.4, 0.5) is 5.69 Å². The molecule has 0 bridgehead atoms. The van der Waals surface area contributed by atoms with E-state index in [2.05, 4.69) is 0 Å². The van der Waals surface area contributed by atoms with Crippen LogP contribution in [-0.2, 0) is 9.59 Å². The molecule has 1 aromatic carbocycles. The second-order valence-corrected chi connectivity index (χ2v) is 4.85. The fraction of sp³-hybridized carbons (Fsp3) is 0.429. The fourth-order valence-electron chi connectivity index (χ4n) is 1.94. The lowest BCUT2D eigenvalue weighted by molar-refractivity contribution is -0.142. The van der Waals surface area contributed by atoms with Gasteiger partial charge in [0.1, 0.15) is 0 Å². The third-order valence-corrected chi connectivity index (χ3v) is 3.12. The Morgan fingerprint density at radius 1 is 1.05 bits per heavy atom. The molecule has 0 radical (unpaired) electrons. The molecule has 0 saturated carbocycles. The number of hydrogen-bond donors (Lipinski definition) is 2. The van der Waals surface area contributed by atoms with Crippen LogP contribution in [0.1, 0.15) is 18.5 Å². The minimum atomic E-state index is -1.04. The molecule has 20 heavy (non-hydrogen) atoms. The molecule has 0 aliphatic heterocycles. The second-order valence-electron chi connectivity index (χ2n) is 4.85. The van der Waals surface area contributed by atoms with Crippen molar-refractivity contribution >= 4 is 17.6 Å². The molecule has 1 rings (SSSR count). The summed E-state index contributed by atoms with van der Waals surface area (Å²) in [6.45, 7) is 1.20. The van der Waals surface area contributed by atoms with Gasteiger partial charge in [-0.2, -0.15) is 0 Å². The molecule has 0 saturated heterocycles. The van der Waals surface area contributed by atoms with E-state index in [1.807, 2.05) is 43.3 Å². The van der Waals surface area contributed by atoms with Gasteiger partial charge in [0, 0.05) is 25.8 Å². The van der Waals surface area contributed by atoms with Gasteiger partial charge in [0.15, 0.2) is 0 Å². The van der Waals surface area contributed by atoms with Crippen molar-refractivity contribution in [2.24, 2.45) is 0 Å². The Bertz CT molecular complexity index is 455. The first-order chi connectivity index (χ1) is 9.31. The maximum absolute atomic E-state index is 10.8. The van der Waals surface area contributed by atoms with E-state index in [-0.39, 0.29) is 19.1 Å². The Hall–Kier alpha value is -2.08. The first-order valence-corrected chi connectivity index (χ1v) is 6.26. The maximum atomic E-state index is 10.8. The van der Waals surface area contributed by atoms with Crippen LogP contribution in [0.2, 0.25) is 0 Å². The second kappa shape index (κ2) is 6.91. The number of carboxylic acids is 2. The summed E-state index contributed by atoms with van der Waals surface area (Å²) in [4.78, 5) is 25.0. The molecule has 0 amide bonds. The summed E-state index contributed by atoms with van der Waals surface area (Å²) in [7, 11) is 3.86. The third kappa shape index (κ3) is 4.55. The number of anilines is 1. The minimum absolute atomic E-state index is 0.279. The number of aliphatic carboxylic acids is 2. The Kier molecular flexibility index (Phi) is 5.52. The number of rotatable bonds is 7. The number of hydrogen-bond acceptors (Lipinski definition) is 4. The summed E-state index contributed by atoms with van der Waals surface area (Å²) in [5, 5.41) is 17.7. The highest BCUT2D eigenvalue weighted by molar-refractivity contribution is 5.72. The van der Waals surface area contributed by atoms with Gasteiger partial charge in [0.25, 0.3) is 0 Å². The lowest BCUT2D eigenvalue weighted by Crippen LogP contribution is -2.36. The summed E-state index contributed by atoms with van der Waals surface area (Å²) >= 11 is 0. The van der Waals surface area contributed by atoms with Crippen LogP contribution in [0.15, 0.2) is 24.3 Å². The van der Waals surface area contributed by atoms with Crippen LogP contribution in [0.25, 0.3) is 0 Å². The van der Waals surface area contributed by atoms with Gasteiger partial charge < -0.3 is 15.1 Å². The van der Waals surface area contributed by atoms with Crippen molar-refractivity contribution in [1.82, 2.24) is 4.90 Å². The molecule has 0 spiro atoms. The van der Waals surface area contributed by atoms with Crippen LogP contribution in [0, 0.1) is 0 Å². The van der Waals surface area contributed by atoms with Crippen molar-refractivity contribution in [3.05, 3.63) is 29.8 Å². The summed E-state index contributed by atoms with van der Waals surface area (Å²) in [6, 6.07) is 7.34. The molecule has 0 aromatic heterocycles. The molecule has 1 aromatic rings. The Morgan fingerprint density at radius 2 is 1.50 bits per heavy atom. The highest BCUT2D eigenvalue weighted by Crippen LogP contribution is 2.22. The van der Waals surface area contributed by atoms with Crippen LogP contribution < -0.4 is 4.90 Å². The Labute approximate surface area is 118 Å². The Balaban J connectivity index is 2.89. The molecule has 0 aliphatic rings. The molecule has 0 fully saturated rings. The Morgan fingerprint density at radius 3 is 1.85 bits per heavy atom. The number of nitrogens with zero attached hydrogens (tertiary/aromatic N) is 2. The van der Waals surface area contributed by atoms with Crippen molar-refractivity contribution < 1.29 is 19.8 Å². The highest BCUT2D eigenvalue weighted by Gasteiger charge is 2.21. The predicted molar refractivity (Wildman–Crippen MR) is 76.0 cm³/mol. The summed E-state index contributed by atoms with van der Waals surface area (Å²) in [5.41, 5.74) is 1.92. The van der Waals surface area contributed by atoms with Crippen molar-refractivity contribution in [2.75, 3.05) is 32.1 Å². The number of carboxylic acid groups (broad SMARTS) is 2. The minimum Gasteiger partial charge on any atom is -0.480 e. The van der Waals surface area contributed by atoms with Crippen molar-refractivity contribution in [3.8, 4) is 0 Å². The van der Waals surface area contributed by atoms with Crippen molar-refractivity contribution in [2.45, 2.75) is 13.0 Å². The third-order valence-electron chi connectivity index (χ3n) is 3.12. The molecule has 1 unspecified atom stereocenters. The lowest BCUT2D eigenvalue weighted by Gasteiger charge is -2.26. The lowest BCUT2D eigenvalue weighted by atomic mass is 10.1. The van der Waals surface area contributed by atoms with E-state index in [1.165, 1.54) is 4.90 Å². The largest absolute Gasteiger partial charge is 0.480 e. The van der Waals surface area contributed by atoms with Gasteiger partial charge >= 0.3 is 11.9 Å². The predicted octanol–water partition coefficient (Wildman–Crippen LogP) is 1.28. The van der Waals surface area contributed by atoms with E-state index in [0.29, 0.717) is 0 Å². The van der Waals surface area contributed by atoms with Crippen molar-refractivity contribution in [3.63, 3.8) is 0 Å². The van der Waals surface area contributed by atoms with Crippen LogP contribution in [-0.4, -0.2) is 54.2 Å². The molecular formula is C14H20N2O4. The van der Waals surface area contributed by atoms with E-state index in [4.69, 9.17) is 10.2 Å². The molecular weight excluding hydrogens is 260 g/mol. The normalized spacial score (nSPS) is 12.2. The average molecular weight is 280 g/mol. The number of carbonyl (C=O) groups is 2. The summed E-state index contributed by atoms with van der Waals surface area (Å²) in [5.74, 6) is -2.08. The SMILES string of the molecule is CC(c1ccc(N(C)C)cc1)N(CC(=O)O)CC(=O)O. The summed E-state index contributed by atoms with van der Waals surface area (Å²) in [6.07, 6.45) is 0. The van der Waals surface area contributed by atoms with E-state index in [9.17, 15) is 9.59 Å². The van der Waals surface area contributed by atoms with Crippen LogP contribution in [0.3, 0.4) is 0 Å². The molecule has 2 N–H and O–H groups in total. The van der Waals surface area contributed by atoms with E-state index in [1.54, 1.807) is 6.92 Å². The zero-order valence-electron chi connectivity index (χ0n) is 11.9.